The van der Waals surface area contributed by atoms with Crippen LogP contribution in [0.4, 0.5) is 0 Å². The van der Waals surface area contributed by atoms with Gasteiger partial charge < -0.3 is 13.9 Å². The van der Waals surface area contributed by atoms with Gasteiger partial charge in [-0.3, -0.25) is 4.79 Å². The van der Waals surface area contributed by atoms with Crippen molar-refractivity contribution in [1.82, 2.24) is 4.98 Å². The number of carbonyl (C=O) groups excluding carboxylic acids is 1. The molecule has 0 saturated heterocycles. The fourth-order valence-corrected chi connectivity index (χ4v) is 2.61. The monoisotopic (exact) mass is 351 g/mol. The van der Waals surface area contributed by atoms with Gasteiger partial charge in [0.25, 0.3) is 0 Å². The molecule has 0 spiro atoms. The quantitative estimate of drug-likeness (QED) is 0.602. The van der Waals surface area contributed by atoms with Crippen molar-refractivity contribution in [1.29, 1.82) is 0 Å². The summed E-state index contributed by atoms with van der Waals surface area (Å²) in [5.41, 5.74) is 2.68. The number of benzene rings is 2. The predicted octanol–water partition coefficient (Wildman–Crippen LogP) is 3.99. The summed E-state index contributed by atoms with van der Waals surface area (Å²) >= 11 is 0. The van der Waals surface area contributed by atoms with Gasteiger partial charge in [0.1, 0.15) is 11.5 Å². The number of methoxy groups -OCH3 is 1. The summed E-state index contributed by atoms with van der Waals surface area (Å²) < 4.78 is 16.4. The van der Waals surface area contributed by atoms with E-state index in [0.717, 1.165) is 22.6 Å². The summed E-state index contributed by atoms with van der Waals surface area (Å²) in [4.78, 5) is 15.9. The minimum Gasteiger partial charge on any atom is -0.493 e. The van der Waals surface area contributed by atoms with Crippen molar-refractivity contribution in [2.24, 2.45) is 0 Å². The number of aromatic nitrogens is 1. The molecule has 3 rings (SSSR count). The number of oxazole rings is 1. The molecule has 5 heteroatoms. The number of ether oxygens (including phenoxy) is 2. The van der Waals surface area contributed by atoms with E-state index in [9.17, 15) is 4.79 Å². The molecular formula is C21H21NO4. The van der Waals surface area contributed by atoms with Crippen molar-refractivity contribution in [3.05, 3.63) is 71.6 Å². The van der Waals surface area contributed by atoms with Crippen molar-refractivity contribution in [2.45, 2.75) is 19.8 Å². The highest BCUT2D eigenvalue weighted by molar-refractivity contribution is 5.72. The van der Waals surface area contributed by atoms with E-state index in [1.54, 1.807) is 0 Å². The maximum absolute atomic E-state index is 11.4. The molecule has 0 fully saturated rings. The highest BCUT2D eigenvalue weighted by Gasteiger charge is 2.11. The fourth-order valence-electron chi connectivity index (χ4n) is 2.61. The van der Waals surface area contributed by atoms with Gasteiger partial charge in [-0.2, -0.15) is 0 Å². The number of hydrogen-bond donors (Lipinski definition) is 0. The molecule has 0 bridgehead atoms. The van der Waals surface area contributed by atoms with E-state index in [1.165, 1.54) is 7.11 Å². The minimum absolute atomic E-state index is 0.231. The van der Waals surface area contributed by atoms with Gasteiger partial charge in [-0.25, -0.2) is 4.98 Å². The van der Waals surface area contributed by atoms with Crippen LogP contribution in [0.15, 0.2) is 59.0 Å². The normalized spacial score (nSPS) is 10.5. The number of nitrogens with zero attached hydrogens (tertiary/aromatic N) is 1. The zero-order valence-electron chi connectivity index (χ0n) is 14.9. The van der Waals surface area contributed by atoms with Gasteiger partial charge in [-0.05, 0) is 36.8 Å². The van der Waals surface area contributed by atoms with Crippen molar-refractivity contribution >= 4 is 5.97 Å². The molecule has 0 N–H and O–H groups in total. The summed E-state index contributed by atoms with van der Waals surface area (Å²) in [6.07, 6.45) is 0.849. The molecule has 0 aliphatic heterocycles. The third-order valence-corrected chi connectivity index (χ3v) is 3.99. The zero-order chi connectivity index (χ0) is 18.4. The van der Waals surface area contributed by atoms with Crippen LogP contribution >= 0.6 is 0 Å². The average Bonchev–Trinajstić information content (AvgIpc) is 3.03. The Hall–Kier alpha value is -3.08. The summed E-state index contributed by atoms with van der Waals surface area (Å²) in [5.74, 6) is 1.88. The Bertz CT molecular complexity index is 871. The van der Waals surface area contributed by atoms with Crippen LogP contribution in [0.25, 0.3) is 11.5 Å². The SMILES string of the molecule is COC(=O)Cc1cccc(OCCc2oc(-c3ccccc3)nc2C)c1. The summed E-state index contributed by atoms with van der Waals surface area (Å²) in [6, 6.07) is 17.3. The van der Waals surface area contributed by atoms with E-state index in [0.29, 0.717) is 24.7 Å². The highest BCUT2D eigenvalue weighted by Crippen LogP contribution is 2.22. The van der Waals surface area contributed by atoms with Gasteiger partial charge in [-0.15, -0.1) is 0 Å². The van der Waals surface area contributed by atoms with Crippen molar-refractivity contribution < 1.29 is 18.7 Å². The molecule has 2 aromatic carbocycles. The van der Waals surface area contributed by atoms with Gasteiger partial charge in [0.05, 0.1) is 25.8 Å². The lowest BCUT2D eigenvalue weighted by atomic mass is 10.1. The predicted molar refractivity (Wildman–Crippen MR) is 98.0 cm³/mol. The van der Waals surface area contributed by atoms with E-state index in [4.69, 9.17) is 9.15 Å². The third-order valence-electron chi connectivity index (χ3n) is 3.99. The van der Waals surface area contributed by atoms with Crippen molar-refractivity contribution in [3.63, 3.8) is 0 Å². The van der Waals surface area contributed by atoms with Gasteiger partial charge in [-0.1, -0.05) is 30.3 Å². The first-order valence-corrected chi connectivity index (χ1v) is 8.46. The molecule has 134 valence electrons. The summed E-state index contributed by atoms with van der Waals surface area (Å²) in [7, 11) is 1.38. The first kappa shape index (κ1) is 17.7. The van der Waals surface area contributed by atoms with Crippen LogP contribution in [0.1, 0.15) is 17.0 Å². The van der Waals surface area contributed by atoms with Gasteiger partial charge in [0, 0.05) is 12.0 Å². The van der Waals surface area contributed by atoms with Crippen LogP contribution in [0.3, 0.4) is 0 Å². The number of carbonyl (C=O) groups is 1. The molecule has 0 aliphatic carbocycles. The smallest absolute Gasteiger partial charge is 0.309 e. The van der Waals surface area contributed by atoms with Crippen molar-refractivity contribution in [2.75, 3.05) is 13.7 Å². The van der Waals surface area contributed by atoms with E-state index in [1.807, 2.05) is 61.5 Å². The van der Waals surface area contributed by atoms with E-state index in [2.05, 4.69) is 9.72 Å². The molecule has 1 aromatic heterocycles. The average molecular weight is 351 g/mol. The second kappa shape index (κ2) is 8.34. The number of esters is 1. The topological polar surface area (TPSA) is 61.6 Å². The lowest BCUT2D eigenvalue weighted by Crippen LogP contribution is -2.05. The Morgan fingerprint density at radius 2 is 1.92 bits per heavy atom. The maximum atomic E-state index is 11.4. The lowest BCUT2D eigenvalue weighted by molar-refractivity contribution is -0.139. The van der Waals surface area contributed by atoms with Crippen LogP contribution in [0, 0.1) is 6.92 Å². The molecule has 5 nitrogen and oxygen atoms in total. The Labute approximate surface area is 152 Å². The van der Waals surface area contributed by atoms with Crippen molar-refractivity contribution in [3.8, 4) is 17.2 Å². The van der Waals surface area contributed by atoms with Crippen LogP contribution in [-0.2, 0) is 22.4 Å². The molecular weight excluding hydrogens is 330 g/mol. The summed E-state index contributed by atoms with van der Waals surface area (Å²) in [6.45, 7) is 2.40. The lowest BCUT2D eigenvalue weighted by Gasteiger charge is -2.07. The van der Waals surface area contributed by atoms with Gasteiger partial charge >= 0.3 is 5.97 Å². The number of rotatable bonds is 7. The second-order valence-corrected chi connectivity index (χ2v) is 5.89. The van der Waals surface area contributed by atoms with Gasteiger partial charge in [0.15, 0.2) is 0 Å². The standard InChI is InChI=1S/C21H21NO4/c1-15-19(26-21(22-15)17-8-4-3-5-9-17)11-12-25-18-10-6-7-16(13-18)14-20(23)24-2/h3-10,13H,11-12,14H2,1-2H3. The van der Waals surface area contributed by atoms with E-state index >= 15 is 0 Å². The molecule has 0 aliphatic rings. The van der Waals surface area contributed by atoms with Crippen LogP contribution in [0.2, 0.25) is 0 Å². The first-order chi connectivity index (χ1) is 12.7. The highest BCUT2D eigenvalue weighted by atomic mass is 16.5. The largest absolute Gasteiger partial charge is 0.493 e. The Morgan fingerprint density at radius 3 is 2.69 bits per heavy atom. The zero-order valence-corrected chi connectivity index (χ0v) is 14.9. The molecule has 3 aromatic rings. The minimum atomic E-state index is -0.270. The maximum Gasteiger partial charge on any atom is 0.309 e. The molecule has 0 radical (unpaired) electrons. The third kappa shape index (κ3) is 4.51. The van der Waals surface area contributed by atoms with E-state index < -0.39 is 0 Å². The summed E-state index contributed by atoms with van der Waals surface area (Å²) in [5, 5.41) is 0. The van der Waals surface area contributed by atoms with Crippen LogP contribution in [0.5, 0.6) is 5.75 Å². The second-order valence-electron chi connectivity index (χ2n) is 5.89. The molecule has 0 unspecified atom stereocenters. The fraction of sp³-hybridized carbons (Fsp3) is 0.238. The Balaban J connectivity index is 1.59. The molecule has 0 atom stereocenters. The van der Waals surface area contributed by atoms with Crippen LogP contribution in [-0.4, -0.2) is 24.7 Å². The molecule has 0 amide bonds. The molecule has 26 heavy (non-hydrogen) atoms. The van der Waals surface area contributed by atoms with Crippen LogP contribution < -0.4 is 4.74 Å². The Kier molecular flexibility index (Phi) is 5.69. The first-order valence-electron chi connectivity index (χ1n) is 8.46. The number of aryl methyl sites for hydroxylation is 1. The van der Waals surface area contributed by atoms with Gasteiger partial charge in [0.2, 0.25) is 5.89 Å². The van der Waals surface area contributed by atoms with E-state index in [-0.39, 0.29) is 12.4 Å². The number of hydrogen-bond acceptors (Lipinski definition) is 5. The molecule has 0 saturated carbocycles. The Morgan fingerprint density at radius 1 is 1.12 bits per heavy atom. The molecule has 1 heterocycles.